The molecule has 0 spiro atoms. The Labute approximate surface area is 190 Å². The van der Waals surface area contributed by atoms with E-state index in [2.05, 4.69) is 15.4 Å². The number of benzene rings is 2. The number of fused-ring (bicyclic) bond motifs is 1. The van der Waals surface area contributed by atoms with Gasteiger partial charge < -0.3 is 20.1 Å². The molecule has 1 fully saturated rings. The second-order valence-electron chi connectivity index (χ2n) is 7.55. The Kier molecular flexibility index (Phi) is 6.38. The summed E-state index contributed by atoms with van der Waals surface area (Å²) in [6.07, 6.45) is 0.891. The van der Waals surface area contributed by atoms with Gasteiger partial charge in [-0.1, -0.05) is 11.6 Å². The second-order valence-corrected chi connectivity index (χ2v) is 9.69. The molecule has 0 bridgehead atoms. The number of sulfonamides is 1. The highest BCUT2D eigenvalue weighted by molar-refractivity contribution is 7.89. The van der Waals surface area contributed by atoms with Gasteiger partial charge in [0.05, 0.1) is 16.8 Å². The number of amides is 2. The van der Waals surface area contributed by atoms with E-state index in [0.717, 1.165) is 12.8 Å². The van der Waals surface area contributed by atoms with Crippen LogP contribution >= 0.6 is 11.6 Å². The molecule has 2 amide bonds. The molecule has 2 aliphatic heterocycles. The van der Waals surface area contributed by atoms with E-state index in [1.165, 1.54) is 18.2 Å². The molecule has 2 aliphatic rings. The maximum Gasteiger partial charge on any atom is 0.265 e. The van der Waals surface area contributed by atoms with Crippen molar-refractivity contribution in [3.8, 4) is 5.75 Å². The van der Waals surface area contributed by atoms with E-state index in [4.69, 9.17) is 21.1 Å². The normalized spacial score (nSPS) is 20.2. The molecule has 2 atom stereocenters. The number of carbonyl (C=O) groups excluding carboxylic acids is 2. The average molecular weight is 480 g/mol. The van der Waals surface area contributed by atoms with Gasteiger partial charge in [-0.05, 0) is 56.2 Å². The Morgan fingerprint density at radius 1 is 1.25 bits per heavy atom. The first-order valence-electron chi connectivity index (χ1n) is 10.1. The van der Waals surface area contributed by atoms with Crippen molar-refractivity contribution in [2.75, 3.05) is 23.8 Å². The molecule has 170 valence electrons. The van der Waals surface area contributed by atoms with Crippen LogP contribution in [0.25, 0.3) is 0 Å². The predicted octanol–water partition coefficient (Wildman–Crippen LogP) is 2.77. The Balaban J connectivity index is 1.50. The van der Waals surface area contributed by atoms with Crippen LogP contribution in [-0.4, -0.2) is 45.6 Å². The number of anilines is 2. The van der Waals surface area contributed by atoms with Gasteiger partial charge >= 0.3 is 0 Å². The van der Waals surface area contributed by atoms with Gasteiger partial charge in [0, 0.05) is 24.4 Å². The zero-order valence-electron chi connectivity index (χ0n) is 17.2. The molecule has 0 radical (unpaired) electrons. The third kappa shape index (κ3) is 4.88. The topological polar surface area (TPSA) is 123 Å². The van der Waals surface area contributed by atoms with Crippen LogP contribution in [0.1, 0.15) is 30.1 Å². The van der Waals surface area contributed by atoms with Crippen molar-refractivity contribution < 1.29 is 27.5 Å². The van der Waals surface area contributed by atoms with Crippen LogP contribution in [0.15, 0.2) is 41.3 Å². The van der Waals surface area contributed by atoms with Crippen LogP contribution in [0.2, 0.25) is 5.02 Å². The lowest BCUT2D eigenvalue weighted by molar-refractivity contribution is -0.122. The predicted molar refractivity (Wildman–Crippen MR) is 119 cm³/mol. The van der Waals surface area contributed by atoms with Crippen LogP contribution in [0.4, 0.5) is 11.4 Å². The van der Waals surface area contributed by atoms with Crippen molar-refractivity contribution in [3.05, 3.63) is 47.0 Å². The van der Waals surface area contributed by atoms with Gasteiger partial charge in [-0.2, -0.15) is 0 Å². The lowest BCUT2D eigenvalue weighted by Crippen LogP contribution is -2.34. The standard InChI is InChI=1S/C21H22ClN3O6S/c1-12-20(26)25-17-10-14(5-7-18(17)31-12)24-21(27)13-4-6-16(22)19(9-13)32(28,29)23-11-15-3-2-8-30-15/h4-7,9-10,12,15,23H,2-3,8,11H2,1H3,(H,24,27)(H,25,26)/t12-,15+/m1/s1. The van der Waals surface area contributed by atoms with Gasteiger partial charge in [0.15, 0.2) is 6.10 Å². The van der Waals surface area contributed by atoms with Crippen molar-refractivity contribution in [1.82, 2.24) is 4.72 Å². The lowest BCUT2D eigenvalue weighted by atomic mass is 10.2. The van der Waals surface area contributed by atoms with Crippen molar-refractivity contribution in [3.63, 3.8) is 0 Å². The number of rotatable bonds is 6. The number of nitrogens with one attached hydrogen (secondary N) is 3. The van der Waals surface area contributed by atoms with Crippen LogP contribution < -0.4 is 20.1 Å². The summed E-state index contributed by atoms with van der Waals surface area (Å²) in [6, 6.07) is 8.83. The van der Waals surface area contributed by atoms with Crippen LogP contribution in [0, 0.1) is 0 Å². The Morgan fingerprint density at radius 3 is 2.81 bits per heavy atom. The highest BCUT2D eigenvalue weighted by atomic mass is 35.5. The van der Waals surface area contributed by atoms with Gasteiger partial charge in [0.1, 0.15) is 10.6 Å². The van der Waals surface area contributed by atoms with Crippen LogP contribution in [-0.2, 0) is 19.6 Å². The van der Waals surface area contributed by atoms with E-state index in [9.17, 15) is 18.0 Å². The molecule has 0 unspecified atom stereocenters. The first-order valence-corrected chi connectivity index (χ1v) is 11.9. The maximum absolute atomic E-state index is 12.7. The molecule has 2 aromatic carbocycles. The number of ether oxygens (including phenoxy) is 2. The third-order valence-electron chi connectivity index (χ3n) is 5.18. The van der Waals surface area contributed by atoms with E-state index in [1.807, 2.05) is 0 Å². The summed E-state index contributed by atoms with van der Waals surface area (Å²) >= 11 is 6.11. The molecule has 0 aromatic heterocycles. The van der Waals surface area contributed by atoms with Gasteiger partial charge in [-0.25, -0.2) is 13.1 Å². The molecule has 4 rings (SSSR count). The minimum atomic E-state index is -3.94. The monoisotopic (exact) mass is 479 g/mol. The Hall–Kier alpha value is -2.66. The number of carbonyl (C=O) groups is 2. The number of hydrogen-bond acceptors (Lipinski definition) is 6. The highest BCUT2D eigenvalue weighted by Crippen LogP contribution is 2.32. The van der Waals surface area contributed by atoms with Gasteiger partial charge in [-0.3, -0.25) is 9.59 Å². The Morgan fingerprint density at radius 2 is 2.06 bits per heavy atom. The quantitative estimate of drug-likeness (QED) is 0.585. The molecular formula is C21H22ClN3O6S. The van der Waals surface area contributed by atoms with Gasteiger partial charge in [-0.15, -0.1) is 0 Å². The summed E-state index contributed by atoms with van der Waals surface area (Å²) < 4.78 is 38.9. The first-order chi connectivity index (χ1) is 15.2. The van der Waals surface area contributed by atoms with E-state index in [-0.39, 0.29) is 34.0 Å². The molecule has 32 heavy (non-hydrogen) atoms. The smallest absolute Gasteiger partial charge is 0.265 e. The molecule has 11 heteroatoms. The summed E-state index contributed by atoms with van der Waals surface area (Å²) in [5, 5.41) is 5.40. The summed E-state index contributed by atoms with van der Waals surface area (Å²) in [4.78, 5) is 24.4. The SMILES string of the molecule is C[C@H]1Oc2ccc(NC(=O)c3ccc(Cl)c(S(=O)(=O)NC[C@@H]4CCCO4)c3)cc2NC1=O. The fraction of sp³-hybridized carbons (Fsp3) is 0.333. The fourth-order valence-corrected chi connectivity index (χ4v) is 5.02. The van der Waals surface area contributed by atoms with E-state index < -0.39 is 22.0 Å². The first kappa shape index (κ1) is 22.5. The lowest BCUT2D eigenvalue weighted by Gasteiger charge is -2.23. The van der Waals surface area contributed by atoms with Gasteiger partial charge in [0.25, 0.3) is 11.8 Å². The third-order valence-corrected chi connectivity index (χ3v) is 7.08. The summed E-state index contributed by atoms with van der Waals surface area (Å²) in [5.41, 5.74) is 0.949. The fourth-order valence-electron chi connectivity index (χ4n) is 3.43. The van der Waals surface area contributed by atoms with E-state index in [0.29, 0.717) is 23.7 Å². The Bertz CT molecular complexity index is 1160. The minimum absolute atomic E-state index is 0.00384. The van der Waals surface area contributed by atoms with E-state index >= 15 is 0 Å². The van der Waals surface area contributed by atoms with Crippen LogP contribution in [0.5, 0.6) is 5.75 Å². The zero-order chi connectivity index (χ0) is 22.9. The molecule has 3 N–H and O–H groups in total. The molecular weight excluding hydrogens is 458 g/mol. The molecule has 2 aromatic rings. The summed E-state index contributed by atoms with van der Waals surface area (Å²) in [5.74, 6) is -0.329. The average Bonchev–Trinajstić information content (AvgIpc) is 3.27. The minimum Gasteiger partial charge on any atom is -0.479 e. The maximum atomic E-state index is 12.7. The molecule has 9 nitrogen and oxygen atoms in total. The molecule has 2 heterocycles. The number of hydrogen-bond donors (Lipinski definition) is 3. The van der Waals surface area contributed by atoms with Crippen molar-refractivity contribution in [1.29, 1.82) is 0 Å². The highest BCUT2D eigenvalue weighted by Gasteiger charge is 2.25. The second kappa shape index (κ2) is 9.07. The van der Waals surface area contributed by atoms with E-state index in [1.54, 1.807) is 25.1 Å². The van der Waals surface area contributed by atoms with Crippen LogP contribution in [0.3, 0.4) is 0 Å². The van der Waals surface area contributed by atoms with Crippen molar-refractivity contribution in [2.45, 2.75) is 36.9 Å². The number of halogens is 1. The zero-order valence-corrected chi connectivity index (χ0v) is 18.8. The summed E-state index contributed by atoms with van der Waals surface area (Å²) in [7, 11) is -3.94. The van der Waals surface area contributed by atoms with Crippen molar-refractivity contribution >= 4 is 44.8 Å². The molecule has 1 saturated heterocycles. The molecule has 0 saturated carbocycles. The van der Waals surface area contributed by atoms with Crippen molar-refractivity contribution in [2.24, 2.45) is 0 Å². The molecule has 0 aliphatic carbocycles. The van der Waals surface area contributed by atoms with Gasteiger partial charge in [0.2, 0.25) is 10.0 Å². The largest absolute Gasteiger partial charge is 0.479 e. The summed E-state index contributed by atoms with van der Waals surface area (Å²) in [6.45, 7) is 2.38.